The van der Waals surface area contributed by atoms with Gasteiger partial charge in [-0.1, -0.05) is 12.1 Å². The van der Waals surface area contributed by atoms with E-state index in [-0.39, 0.29) is 12.0 Å². The van der Waals surface area contributed by atoms with Crippen molar-refractivity contribution in [3.63, 3.8) is 0 Å². The Morgan fingerprint density at radius 1 is 1.27 bits per heavy atom. The molecule has 1 amide bonds. The van der Waals surface area contributed by atoms with Gasteiger partial charge < -0.3 is 14.8 Å². The van der Waals surface area contributed by atoms with Gasteiger partial charge in [-0.3, -0.25) is 4.79 Å². The molecule has 0 spiro atoms. The summed E-state index contributed by atoms with van der Waals surface area (Å²) in [5.74, 6) is 1.41. The van der Waals surface area contributed by atoms with Crippen LogP contribution in [0.15, 0.2) is 35.7 Å². The fraction of sp³-hybridized carbons (Fsp3) is 0.353. The molecular weight excluding hydrogens is 298 g/mol. The summed E-state index contributed by atoms with van der Waals surface area (Å²) in [7, 11) is 1.61. The van der Waals surface area contributed by atoms with Gasteiger partial charge in [0.05, 0.1) is 19.6 Å². The highest BCUT2D eigenvalue weighted by Gasteiger charge is 2.09. The van der Waals surface area contributed by atoms with Crippen molar-refractivity contribution in [1.29, 1.82) is 0 Å². The summed E-state index contributed by atoms with van der Waals surface area (Å²) in [5, 5.41) is 4.89. The monoisotopic (exact) mass is 319 g/mol. The van der Waals surface area contributed by atoms with E-state index in [0.717, 1.165) is 10.4 Å². The fourth-order valence-corrected chi connectivity index (χ4v) is 2.71. The van der Waals surface area contributed by atoms with E-state index >= 15 is 0 Å². The lowest BCUT2D eigenvalue weighted by molar-refractivity contribution is -0.120. The lowest BCUT2D eigenvalue weighted by Gasteiger charge is -2.14. The number of ether oxygens (including phenoxy) is 2. The average molecular weight is 319 g/mol. The molecule has 0 bridgehead atoms. The van der Waals surface area contributed by atoms with Gasteiger partial charge in [-0.05, 0) is 43.0 Å². The summed E-state index contributed by atoms with van der Waals surface area (Å²) in [5.41, 5.74) is 0.979. The zero-order chi connectivity index (χ0) is 15.9. The van der Waals surface area contributed by atoms with Gasteiger partial charge in [0.15, 0.2) is 11.5 Å². The van der Waals surface area contributed by atoms with Crippen LogP contribution in [-0.2, 0) is 17.8 Å². The van der Waals surface area contributed by atoms with Crippen molar-refractivity contribution >= 4 is 17.2 Å². The minimum atomic E-state index is 0.0175. The van der Waals surface area contributed by atoms with Gasteiger partial charge in [-0.25, -0.2) is 0 Å². The van der Waals surface area contributed by atoms with E-state index in [4.69, 9.17) is 9.47 Å². The van der Waals surface area contributed by atoms with Gasteiger partial charge in [0.1, 0.15) is 0 Å². The Labute approximate surface area is 135 Å². The highest BCUT2D eigenvalue weighted by molar-refractivity contribution is 7.10. The number of rotatable bonds is 7. The predicted octanol–water partition coefficient (Wildman–Crippen LogP) is 3.40. The molecule has 1 N–H and O–H groups in total. The van der Waals surface area contributed by atoms with Crippen molar-refractivity contribution in [2.24, 2.45) is 0 Å². The Morgan fingerprint density at radius 3 is 2.73 bits per heavy atom. The van der Waals surface area contributed by atoms with E-state index in [2.05, 4.69) is 5.32 Å². The van der Waals surface area contributed by atoms with Crippen molar-refractivity contribution in [2.45, 2.75) is 32.9 Å². The maximum atomic E-state index is 11.9. The average Bonchev–Trinajstić information content (AvgIpc) is 2.98. The van der Waals surface area contributed by atoms with E-state index in [1.807, 2.05) is 49.6 Å². The summed E-state index contributed by atoms with van der Waals surface area (Å²) in [4.78, 5) is 13.0. The second kappa shape index (κ2) is 7.84. The number of hydrogen-bond acceptors (Lipinski definition) is 4. The van der Waals surface area contributed by atoms with Crippen molar-refractivity contribution < 1.29 is 14.3 Å². The Balaban J connectivity index is 1.93. The third kappa shape index (κ3) is 4.77. The Kier molecular flexibility index (Phi) is 5.83. The molecule has 0 aliphatic rings. The molecule has 118 valence electrons. The molecule has 0 unspecified atom stereocenters. The first kappa shape index (κ1) is 16.4. The maximum Gasteiger partial charge on any atom is 0.225 e. The van der Waals surface area contributed by atoms with Crippen molar-refractivity contribution in [3.05, 3.63) is 46.2 Å². The van der Waals surface area contributed by atoms with Gasteiger partial charge in [-0.2, -0.15) is 0 Å². The van der Waals surface area contributed by atoms with Gasteiger partial charge in [0.25, 0.3) is 0 Å². The molecule has 1 aromatic carbocycles. The summed E-state index contributed by atoms with van der Waals surface area (Å²) in [6, 6.07) is 9.62. The predicted molar refractivity (Wildman–Crippen MR) is 88.6 cm³/mol. The van der Waals surface area contributed by atoms with Gasteiger partial charge >= 0.3 is 0 Å². The molecule has 0 saturated carbocycles. The van der Waals surface area contributed by atoms with E-state index < -0.39 is 0 Å². The first-order valence-corrected chi connectivity index (χ1v) is 8.09. The Hall–Kier alpha value is -2.01. The third-order valence-electron chi connectivity index (χ3n) is 3.00. The molecule has 22 heavy (non-hydrogen) atoms. The number of carbonyl (C=O) groups excluding carboxylic acids is 1. The summed E-state index contributed by atoms with van der Waals surface area (Å²) in [6.45, 7) is 4.42. The van der Waals surface area contributed by atoms with Crippen LogP contribution in [0.5, 0.6) is 11.5 Å². The van der Waals surface area contributed by atoms with Gasteiger partial charge in [-0.15, -0.1) is 11.3 Å². The van der Waals surface area contributed by atoms with Crippen LogP contribution >= 0.6 is 11.3 Å². The number of carbonyl (C=O) groups is 1. The van der Waals surface area contributed by atoms with Crippen LogP contribution in [-0.4, -0.2) is 19.1 Å². The van der Waals surface area contributed by atoms with E-state index in [0.29, 0.717) is 24.5 Å². The first-order chi connectivity index (χ1) is 10.6. The first-order valence-electron chi connectivity index (χ1n) is 7.21. The fourth-order valence-electron chi connectivity index (χ4n) is 2.01. The number of hydrogen-bond donors (Lipinski definition) is 1. The number of nitrogens with one attached hydrogen (secondary N) is 1. The molecule has 0 radical (unpaired) electrons. The maximum absolute atomic E-state index is 11.9. The standard InChI is InChI=1S/C17H21NO3S/c1-12(2)21-15-7-6-13(9-16(15)20-3)11-18-17(19)10-14-5-4-8-22-14/h4-9,12H,10-11H2,1-3H3,(H,18,19). The third-order valence-corrected chi connectivity index (χ3v) is 3.87. The second-order valence-electron chi connectivity index (χ2n) is 5.18. The minimum absolute atomic E-state index is 0.0175. The van der Waals surface area contributed by atoms with Crippen LogP contribution in [0.25, 0.3) is 0 Å². The molecule has 0 fully saturated rings. The molecule has 0 saturated heterocycles. The Morgan fingerprint density at radius 2 is 2.09 bits per heavy atom. The lowest BCUT2D eigenvalue weighted by atomic mass is 10.2. The summed E-state index contributed by atoms with van der Waals surface area (Å²) in [6.07, 6.45) is 0.508. The summed E-state index contributed by atoms with van der Waals surface area (Å²) >= 11 is 1.59. The number of methoxy groups -OCH3 is 1. The number of amides is 1. The zero-order valence-corrected chi connectivity index (χ0v) is 13.9. The Bertz CT molecular complexity index is 608. The van der Waals surface area contributed by atoms with Crippen molar-refractivity contribution in [3.8, 4) is 11.5 Å². The molecule has 1 heterocycles. The van der Waals surface area contributed by atoms with Crippen LogP contribution in [0.1, 0.15) is 24.3 Å². The molecule has 0 atom stereocenters. The van der Waals surface area contributed by atoms with E-state index in [1.54, 1.807) is 18.4 Å². The molecule has 0 aliphatic carbocycles. The molecule has 5 heteroatoms. The van der Waals surface area contributed by atoms with Gasteiger partial charge in [0.2, 0.25) is 5.91 Å². The van der Waals surface area contributed by atoms with E-state index in [9.17, 15) is 4.79 Å². The highest BCUT2D eigenvalue weighted by Crippen LogP contribution is 2.28. The number of thiophene rings is 1. The molecule has 2 aromatic rings. The number of benzene rings is 1. The molecule has 1 aromatic heterocycles. The quantitative estimate of drug-likeness (QED) is 0.851. The lowest BCUT2D eigenvalue weighted by Crippen LogP contribution is -2.24. The van der Waals surface area contributed by atoms with Crippen LogP contribution in [0.4, 0.5) is 0 Å². The molecule has 2 rings (SSSR count). The minimum Gasteiger partial charge on any atom is -0.493 e. The van der Waals surface area contributed by atoms with Crippen LogP contribution in [0.2, 0.25) is 0 Å². The smallest absolute Gasteiger partial charge is 0.225 e. The van der Waals surface area contributed by atoms with Crippen LogP contribution in [0.3, 0.4) is 0 Å². The van der Waals surface area contributed by atoms with Crippen LogP contribution < -0.4 is 14.8 Å². The molecule has 4 nitrogen and oxygen atoms in total. The highest BCUT2D eigenvalue weighted by atomic mass is 32.1. The van der Waals surface area contributed by atoms with Gasteiger partial charge in [0, 0.05) is 11.4 Å². The van der Waals surface area contributed by atoms with Crippen molar-refractivity contribution in [1.82, 2.24) is 5.32 Å². The zero-order valence-electron chi connectivity index (χ0n) is 13.1. The normalized spacial score (nSPS) is 10.5. The van der Waals surface area contributed by atoms with Crippen molar-refractivity contribution in [2.75, 3.05) is 7.11 Å². The van der Waals surface area contributed by atoms with Crippen LogP contribution in [0, 0.1) is 0 Å². The largest absolute Gasteiger partial charge is 0.493 e. The topological polar surface area (TPSA) is 47.6 Å². The summed E-state index contributed by atoms with van der Waals surface area (Å²) < 4.78 is 11.0. The van der Waals surface area contributed by atoms with E-state index in [1.165, 1.54) is 0 Å². The SMILES string of the molecule is COc1cc(CNC(=O)Cc2cccs2)ccc1OC(C)C. The molecular formula is C17H21NO3S. The second-order valence-corrected chi connectivity index (χ2v) is 6.22. The molecule has 0 aliphatic heterocycles.